The highest BCUT2D eigenvalue weighted by Gasteiger charge is 2.17. The van der Waals surface area contributed by atoms with Crippen molar-refractivity contribution in [2.45, 2.75) is 245 Å². The summed E-state index contributed by atoms with van der Waals surface area (Å²) in [6.45, 7) is 7.64. The van der Waals surface area contributed by atoms with Gasteiger partial charge >= 0.3 is 11.9 Å². The van der Waals surface area contributed by atoms with Gasteiger partial charge in [0.15, 0.2) is 6.10 Å². The second-order valence-corrected chi connectivity index (χ2v) is 16.3. The second-order valence-electron chi connectivity index (χ2n) is 16.3. The van der Waals surface area contributed by atoms with Crippen molar-refractivity contribution in [2.75, 3.05) is 19.8 Å². The Balaban J connectivity index is 4.25. The molecule has 5 heteroatoms. The number of carbonyl (C=O) groups excluding carboxylic acids is 2. The van der Waals surface area contributed by atoms with Crippen LogP contribution in [0.3, 0.4) is 0 Å². The first-order chi connectivity index (χ1) is 28.6. The summed E-state index contributed by atoms with van der Waals surface area (Å²) < 4.78 is 17.3. The van der Waals surface area contributed by atoms with Crippen molar-refractivity contribution >= 4 is 11.9 Å². The molecule has 0 aromatic rings. The number of hydrogen-bond acceptors (Lipinski definition) is 5. The topological polar surface area (TPSA) is 61.8 Å². The number of rotatable bonds is 45. The van der Waals surface area contributed by atoms with E-state index in [1.807, 2.05) is 0 Å². The molecule has 1 atom stereocenters. The molecule has 0 fully saturated rings. The van der Waals surface area contributed by atoms with Gasteiger partial charge in [0.2, 0.25) is 0 Å². The quantitative estimate of drug-likeness (QED) is 0.0348. The van der Waals surface area contributed by atoms with E-state index in [0.717, 1.165) is 83.5 Å². The Hall–Kier alpha value is -2.40. The summed E-state index contributed by atoms with van der Waals surface area (Å²) in [5.74, 6) is -0.420. The monoisotopic (exact) mass is 811 g/mol. The Bertz CT molecular complexity index is 1010. The summed E-state index contributed by atoms with van der Waals surface area (Å²) in [6.07, 6.45) is 60.8. The summed E-state index contributed by atoms with van der Waals surface area (Å²) in [5, 5.41) is 0. The van der Waals surface area contributed by atoms with Crippen LogP contribution in [0.1, 0.15) is 239 Å². The standard InChI is InChI=1S/C53H94O5/c1-4-7-10-13-16-19-22-24-25-26-27-28-30-33-36-39-42-45-48-56-49-51(58-53(55)47-44-41-38-35-31-21-18-15-12-9-6-3)50-57-52(54)46-43-40-37-34-32-29-23-20-17-14-11-8-5-2/h7,10,15-16,18-20,23-25,51H,4-6,8-9,11-14,17,21-22,26-50H2,1-3H3/b10-7-,18-15-,19-16-,23-20-,25-24-. The van der Waals surface area contributed by atoms with Crippen molar-refractivity contribution in [1.29, 1.82) is 0 Å². The lowest BCUT2D eigenvalue weighted by Gasteiger charge is -2.18. The van der Waals surface area contributed by atoms with Gasteiger partial charge in [0.25, 0.3) is 0 Å². The van der Waals surface area contributed by atoms with Crippen LogP contribution in [0.2, 0.25) is 0 Å². The average molecular weight is 811 g/mol. The zero-order valence-corrected chi connectivity index (χ0v) is 38.6. The normalized spacial score (nSPS) is 12.7. The van der Waals surface area contributed by atoms with Gasteiger partial charge in [-0.2, -0.15) is 0 Å². The Morgan fingerprint density at radius 2 is 0.793 bits per heavy atom. The van der Waals surface area contributed by atoms with Crippen LogP contribution in [0.4, 0.5) is 0 Å². The maximum atomic E-state index is 12.7. The summed E-state index contributed by atoms with van der Waals surface area (Å²) in [5.41, 5.74) is 0. The van der Waals surface area contributed by atoms with Gasteiger partial charge < -0.3 is 14.2 Å². The number of esters is 2. The molecule has 336 valence electrons. The van der Waals surface area contributed by atoms with Crippen molar-refractivity contribution in [3.8, 4) is 0 Å². The van der Waals surface area contributed by atoms with E-state index >= 15 is 0 Å². The van der Waals surface area contributed by atoms with Crippen molar-refractivity contribution in [1.82, 2.24) is 0 Å². The fraction of sp³-hybridized carbons (Fsp3) is 0.774. The molecule has 58 heavy (non-hydrogen) atoms. The van der Waals surface area contributed by atoms with E-state index in [1.165, 1.54) is 122 Å². The Labute approximate surface area is 360 Å². The summed E-state index contributed by atoms with van der Waals surface area (Å²) >= 11 is 0. The van der Waals surface area contributed by atoms with Crippen LogP contribution in [0, 0.1) is 0 Å². The zero-order chi connectivity index (χ0) is 42.1. The molecule has 0 saturated carbocycles. The van der Waals surface area contributed by atoms with Crippen LogP contribution in [-0.2, 0) is 23.8 Å². The van der Waals surface area contributed by atoms with Gasteiger partial charge in [-0.3, -0.25) is 9.59 Å². The highest BCUT2D eigenvalue weighted by atomic mass is 16.6. The molecule has 0 aromatic heterocycles. The third-order valence-corrected chi connectivity index (χ3v) is 10.5. The van der Waals surface area contributed by atoms with Gasteiger partial charge in [-0.15, -0.1) is 0 Å². The van der Waals surface area contributed by atoms with E-state index in [4.69, 9.17) is 14.2 Å². The fourth-order valence-corrected chi connectivity index (χ4v) is 6.79. The summed E-state index contributed by atoms with van der Waals surface area (Å²) in [7, 11) is 0. The molecule has 0 aromatic carbocycles. The van der Waals surface area contributed by atoms with Crippen molar-refractivity contribution in [2.24, 2.45) is 0 Å². The minimum absolute atomic E-state index is 0.0743. The van der Waals surface area contributed by atoms with E-state index in [-0.39, 0.29) is 25.2 Å². The summed E-state index contributed by atoms with van der Waals surface area (Å²) in [4.78, 5) is 25.3. The number of carbonyl (C=O) groups is 2. The molecule has 0 N–H and O–H groups in total. The third kappa shape index (κ3) is 46.3. The molecule has 0 aliphatic rings. The van der Waals surface area contributed by atoms with Crippen molar-refractivity contribution < 1.29 is 23.8 Å². The predicted octanol–water partition coefficient (Wildman–Crippen LogP) is 16.6. The van der Waals surface area contributed by atoms with Crippen LogP contribution >= 0.6 is 0 Å². The van der Waals surface area contributed by atoms with Gasteiger partial charge in [0.1, 0.15) is 6.61 Å². The first kappa shape index (κ1) is 55.6. The molecule has 0 saturated heterocycles. The van der Waals surface area contributed by atoms with Gasteiger partial charge in [0, 0.05) is 19.4 Å². The molecule has 5 nitrogen and oxygen atoms in total. The highest BCUT2D eigenvalue weighted by molar-refractivity contribution is 5.70. The fourth-order valence-electron chi connectivity index (χ4n) is 6.79. The smallest absolute Gasteiger partial charge is 0.306 e. The maximum absolute atomic E-state index is 12.7. The van der Waals surface area contributed by atoms with Crippen LogP contribution < -0.4 is 0 Å². The van der Waals surface area contributed by atoms with Crippen LogP contribution in [0.25, 0.3) is 0 Å². The molecule has 0 amide bonds. The molecular formula is C53H94O5. The molecule has 0 aliphatic heterocycles. The molecule has 1 unspecified atom stereocenters. The van der Waals surface area contributed by atoms with Gasteiger partial charge in [-0.25, -0.2) is 0 Å². The van der Waals surface area contributed by atoms with Gasteiger partial charge in [0.05, 0.1) is 6.61 Å². The minimum atomic E-state index is -0.546. The SMILES string of the molecule is CC/C=C\C/C=C\C/C=C\CCCCCCCCCCOCC(COC(=O)CCCCCCC/C=C\CCCCCC)OC(=O)CCCCCCC/C=C\CCCC. The lowest BCUT2D eigenvalue weighted by atomic mass is 10.1. The molecule has 0 rings (SSSR count). The van der Waals surface area contributed by atoms with Crippen LogP contribution in [0.5, 0.6) is 0 Å². The number of hydrogen-bond donors (Lipinski definition) is 0. The third-order valence-electron chi connectivity index (χ3n) is 10.5. The van der Waals surface area contributed by atoms with Gasteiger partial charge in [-0.1, -0.05) is 191 Å². The number of unbranched alkanes of at least 4 members (excludes halogenated alkanes) is 24. The predicted molar refractivity (Wildman–Crippen MR) is 251 cm³/mol. The zero-order valence-electron chi connectivity index (χ0n) is 38.6. The average Bonchev–Trinajstić information content (AvgIpc) is 3.22. The van der Waals surface area contributed by atoms with Gasteiger partial charge in [-0.05, 0) is 96.3 Å². The minimum Gasteiger partial charge on any atom is -0.462 e. The molecule has 0 heterocycles. The van der Waals surface area contributed by atoms with E-state index in [0.29, 0.717) is 19.4 Å². The maximum Gasteiger partial charge on any atom is 0.306 e. The largest absolute Gasteiger partial charge is 0.462 e. The van der Waals surface area contributed by atoms with Crippen LogP contribution in [-0.4, -0.2) is 37.9 Å². The van der Waals surface area contributed by atoms with E-state index in [1.54, 1.807) is 0 Å². The van der Waals surface area contributed by atoms with E-state index in [9.17, 15) is 9.59 Å². The van der Waals surface area contributed by atoms with E-state index in [2.05, 4.69) is 81.5 Å². The first-order valence-electron chi connectivity index (χ1n) is 24.8. The molecular weight excluding hydrogens is 717 g/mol. The Morgan fingerprint density at radius 3 is 1.31 bits per heavy atom. The van der Waals surface area contributed by atoms with E-state index < -0.39 is 6.10 Å². The van der Waals surface area contributed by atoms with Crippen LogP contribution in [0.15, 0.2) is 60.8 Å². The number of allylic oxidation sites excluding steroid dienone is 10. The molecule has 0 radical (unpaired) electrons. The second kappa shape index (κ2) is 49.0. The number of ether oxygens (including phenoxy) is 3. The lowest BCUT2D eigenvalue weighted by Crippen LogP contribution is -2.30. The lowest BCUT2D eigenvalue weighted by molar-refractivity contribution is -0.163. The first-order valence-corrected chi connectivity index (χ1v) is 24.8. The molecule has 0 aliphatic carbocycles. The molecule has 0 bridgehead atoms. The molecule has 0 spiro atoms. The summed E-state index contributed by atoms with van der Waals surface area (Å²) in [6, 6.07) is 0. The highest BCUT2D eigenvalue weighted by Crippen LogP contribution is 2.13. The van der Waals surface area contributed by atoms with Crippen molar-refractivity contribution in [3.05, 3.63) is 60.8 Å². The van der Waals surface area contributed by atoms with Crippen molar-refractivity contribution in [3.63, 3.8) is 0 Å². The Morgan fingerprint density at radius 1 is 0.397 bits per heavy atom. The Kier molecular flexibility index (Phi) is 46.9.